The highest BCUT2D eigenvalue weighted by molar-refractivity contribution is 5.89. The Labute approximate surface area is 145 Å². The summed E-state index contributed by atoms with van der Waals surface area (Å²) in [5.41, 5.74) is 8.95. The highest BCUT2D eigenvalue weighted by Gasteiger charge is 2.31. The van der Waals surface area contributed by atoms with Gasteiger partial charge in [0.15, 0.2) is 0 Å². The van der Waals surface area contributed by atoms with E-state index in [1.165, 1.54) is 10.9 Å². The molecule has 1 aliphatic rings. The number of benzene rings is 1. The number of hydrogen-bond donors (Lipinski definition) is 3. The Bertz CT molecular complexity index is 808. The third-order valence-corrected chi connectivity index (χ3v) is 4.24. The lowest BCUT2D eigenvalue weighted by Crippen LogP contribution is -2.31. The van der Waals surface area contributed by atoms with Crippen LogP contribution in [0.4, 0.5) is 5.69 Å². The average molecular weight is 346 g/mol. The lowest BCUT2D eigenvalue weighted by atomic mass is 9.92. The maximum atomic E-state index is 9.55. The van der Waals surface area contributed by atoms with Crippen LogP contribution >= 0.6 is 0 Å². The van der Waals surface area contributed by atoms with Crippen molar-refractivity contribution in [2.75, 3.05) is 19.3 Å². The molecule has 7 heteroatoms. The highest BCUT2D eigenvalue weighted by atomic mass is 16.4. The summed E-state index contributed by atoms with van der Waals surface area (Å²) < 4.78 is 5.99. The van der Waals surface area contributed by atoms with Crippen LogP contribution < -0.4 is 5.73 Å². The van der Waals surface area contributed by atoms with E-state index in [4.69, 9.17) is 20.4 Å². The molecule has 134 valence electrons. The predicted octanol–water partition coefficient (Wildman–Crippen LogP) is 2.84. The summed E-state index contributed by atoms with van der Waals surface area (Å²) in [5, 5.41) is 16.8. The van der Waals surface area contributed by atoms with Gasteiger partial charge in [0.05, 0.1) is 0 Å². The van der Waals surface area contributed by atoms with Crippen molar-refractivity contribution in [2.24, 2.45) is 0 Å². The molecule has 0 bridgehead atoms. The monoisotopic (exact) mass is 346 g/mol. The summed E-state index contributed by atoms with van der Waals surface area (Å²) in [6.07, 6.45) is 1.12. The zero-order valence-electron chi connectivity index (χ0n) is 14.4. The number of carboxylic acids is 2. The summed E-state index contributed by atoms with van der Waals surface area (Å²) in [6, 6.07) is 6.29. The maximum absolute atomic E-state index is 9.55. The number of aliphatic carboxylic acids is 2. The summed E-state index contributed by atoms with van der Waals surface area (Å²) in [4.78, 5) is 21.5. The number of nitrogens with zero attached hydrogens (tertiary/aromatic N) is 1. The molecule has 0 saturated heterocycles. The zero-order valence-corrected chi connectivity index (χ0v) is 14.4. The van der Waals surface area contributed by atoms with Crippen molar-refractivity contribution < 1.29 is 24.2 Å². The molecule has 0 spiro atoms. The summed E-state index contributed by atoms with van der Waals surface area (Å²) in [7, 11) is 2.16. The molecule has 2 unspecified atom stereocenters. The Morgan fingerprint density at radius 3 is 2.40 bits per heavy atom. The first-order valence-electron chi connectivity index (χ1n) is 7.86. The summed E-state index contributed by atoms with van der Waals surface area (Å²) in [6.45, 7) is 5.49. The minimum atomic E-state index is -1.26. The maximum Gasteiger partial charge on any atom is 0.328 e. The topological polar surface area (TPSA) is 117 Å². The van der Waals surface area contributed by atoms with E-state index >= 15 is 0 Å². The van der Waals surface area contributed by atoms with E-state index in [-0.39, 0.29) is 0 Å². The molecule has 7 nitrogen and oxygen atoms in total. The Morgan fingerprint density at radius 1 is 1.24 bits per heavy atom. The Hall–Kier alpha value is -2.80. The van der Waals surface area contributed by atoms with Crippen molar-refractivity contribution in [1.29, 1.82) is 0 Å². The van der Waals surface area contributed by atoms with Crippen LogP contribution in [-0.4, -0.2) is 40.6 Å². The fraction of sp³-hybridized carbons (Fsp3) is 0.333. The molecular formula is C18H22N2O5. The molecule has 2 atom stereocenters. The van der Waals surface area contributed by atoms with Gasteiger partial charge in [-0.3, -0.25) is 4.90 Å². The van der Waals surface area contributed by atoms with Crippen LogP contribution in [0.1, 0.15) is 37.1 Å². The van der Waals surface area contributed by atoms with Crippen LogP contribution in [0.3, 0.4) is 0 Å². The average Bonchev–Trinajstić information content (AvgIpc) is 2.90. The number of furan rings is 1. The number of likely N-dealkylation sites (N-methyl/N-ethyl adjacent to an activating group) is 1. The standard InChI is InChI=1S/C14H18N2O.C4H4O4/c1-8-7-16(3)9(2)13-11-6-10(15)4-5-12(11)17-14(8)13;5-3(6)1-2-4(7)8/h4-6,8-9H,7,15H2,1-3H3;1-2H,(H,5,6)(H,7,8). The molecule has 0 aliphatic carbocycles. The van der Waals surface area contributed by atoms with Gasteiger partial charge in [-0.25, -0.2) is 9.59 Å². The Morgan fingerprint density at radius 2 is 1.84 bits per heavy atom. The molecule has 0 radical (unpaired) electrons. The number of fused-ring (bicyclic) bond motifs is 3. The van der Waals surface area contributed by atoms with Gasteiger partial charge in [-0.2, -0.15) is 0 Å². The van der Waals surface area contributed by atoms with Crippen LogP contribution in [0.15, 0.2) is 34.8 Å². The Balaban J connectivity index is 0.000000242. The fourth-order valence-corrected chi connectivity index (χ4v) is 2.99. The van der Waals surface area contributed by atoms with Crippen molar-refractivity contribution >= 4 is 28.6 Å². The second-order valence-electron chi connectivity index (χ2n) is 6.16. The molecular weight excluding hydrogens is 324 g/mol. The predicted molar refractivity (Wildman–Crippen MR) is 94.5 cm³/mol. The van der Waals surface area contributed by atoms with Gasteiger partial charge in [0.1, 0.15) is 11.3 Å². The molecule has 4 N–H and O–H groups in total. The van der Waals surface area contributed by atoms with Gasteiger partial charge in [-0.05, 0) is 32.2 Å². The van der Waals surface area contributed by atoms with Gasteiger partial charge in [0.2, 0.25) is 0 Å². The van der Waals surface area contributed by atoms with Gasteiger partial charge in [-0.1, -0.05) is 6.92 Å². The Kier molecular flexibility index (Phi) is 5.48. The fourth-order valence-electron chi connectivity index (χ4n) is 2.99. The first-order chi connectivity index (χ1) is 11.7. The molecule has 2 heterocycles. The largest absolute Gasteiger partial charge is 0.478 e. The third-order valence-electron chi connectivity index (χ3n) is 4.24. The van der Waals surface area contributed by atoms with E-state index in [0.717, 1.165) is 23.6 Å². The first-order valence-corrected chi connectivity index (χ1v) is 7.86. The van der Waals surface area contributed by atoms with Gasteiger partial charge in [-0.15, -0.1) is 0 Å². The molecule has 1 aromatic carbocycles. The van der Waals surface area contributed by atoms with Crippen molar-refractivity contribution in [1.82, 2.24) is 4.90 Å². The van der Waals surface area contributed by atoms with Crippen molar-refractivity contribution in [3.05, 3.63) is 41.7 Å². The third kappa shape index (κ3) is 4.19. The van der Waals surface area contributed by atoms with Crippen LogP contribution in [0.25, 0.3) is 11.0 Å². The van der Waals surface area contributed by atoms with Gasteiger partial charge < -0.3 is 20.4 Å². The van der Waals surface area contributed by atoms with Crippen LogP contribution in [0.2, 0.25) is 0 Å². The molecule has 1 aromatic heterocycles. The van der Waals surface area contributed by atoms with Crippen molar-refractivity contribution in [2.45, 2.75) is 25.8 Å². The number of nitrogen functional groups attached to an aromatic ring is 1. The highest BCUT2D eigenvalue weighted by Crippen LogP contribution is 2.41. The normalized spacial score (nSPS) is 20.1. The van der Waals surface area contributed by atoms with E-state index < -0.39 is 11.9 Å². The lowest BCUT2D eigenvalue weighted by molar-refractivity contribution is -0.134. The second kappa shape index (κ2) is 7.40. The summed E-state index contributed by atoms with van der Waals surface area (Å²) >= 11 is 0. The number of anilines is 1. The molecule has 0 fully saturated rings. The number of carboxylic acid groups (broad SMARTS) is 2. The molecule has 25 heavy (non-hydrogen) atoms. The molecule has 2 aromatic rings. The minimum Gasteiger partial charge on any atom is -0.478 e. The van der Waals surface area contributed by atoms with Crippen molar-refractivity contribution in [3.63, 3.8) is 0 Å². The number of nitrogens with two attached hydrogens (primary N) is 1. The SMILES string of the molecule is CC1CN(C)C(C)c2c1oc1ccc(N)cc21.O=C(O)C=CC(=O)O. The zero-order chi connectivity index (χ0) is 18.7. The lowest BCUT2D eigenvalue weighted by Gasteiger charge is -2.32. The quantitative estimate of drug-likeness (QED) is 0.565. The number of hydrogen-bond acceptors (Lipinski definition) is 5. The first kappa shape index (κ1) is 18.5. The number of carbonyl (C=O) groups is 2. The summed E-state index contributed by atoms with van der Waals surface area (Å²) in [5.74, 6) is -0.934. The van der Waals surface area contributed by atoms with E-state index in [9.17, 15) is 9.59 Å². The van der Waals surface area contributed by atoms with E-state index in [0.29, 0.717) is 24.1 Å². The number of rotatable bonds is 2. The van der Waals surface area contributed by atoms with E-state index in [2.05, 4.69) is 25.8 Å². The smallest absolute Gasteiger partial charge is 0.328 e. The van der Waals surface area contributed by atoms with E-state index in [1.54, 1.807) is 0 Å². The van der Waals surface area contributed by atoms with Crippen LogP contribution in [0, 0.1) is 0 Å². The van der Waals surface area contributed by atoms with Gasteiger partial charge in [0, 0.05) is 47.3 Å². The van der Waals surface area contributed by atoms with E-state index in [1.807, 2.05) is 18.2 Å². The van der Waals surface area contributed by atoms with Gasteiger partial charge >= 0.3 is 11.9 Å². The molecule has 0 amide bonds. The molecule has 1 aliphatic heterocycles. The van der Waals surface area contributed by atoms with Gasteiger partial charge in [0.25, 0.3) is 0 Å². The molecule has 3 rings (SSSR count). The van der Waals surface area contributed by atoms with Crippen molar-refractivity contribution in [3.8, 4) is 0 Å². The van der Waals surface area contributed by atoms with Crippen LogP contribution in [0.5, 0.6) is 0 Å². The minimum absolute atomic E-state index is 0.393. The van der Waals surface area contributed by atoms with Crippen LogP contribution in [-0.2, 0) is 9.59 Å². The second-order valence-corrected chi connectivity index (χ2v) is 6.16. The molecule has 0 saturated carbocycles.